The van der Waals surface area contributed by atoms with Gasteiger partial charge in [-0.2, -0.15) is 4.98 Å². The second-order valence-corrected chi connectivity index (χ2v) is 4.15. The van der Waals surface area contributed by atoms with Gasteiger partial charge < -0.3 is 14.6 Å². The second kappa shape index (κ2) is 6.05. The van der Waals surface area contributed by atoms with Crippen LogP contribution in [0.25, 0.3) is 0 Å². The van der Waals surface area contributed by atoms with Crippen LogP contribution >= 0.6 is 0 Å². The van der Waals surface area contributed by atoms with E-state index in [-0.39, 0.29) is 0 Å². The zero-order chi connectivity index (χ0) is 12.8. The van der Waals surface area contributed by atoms with Crippen molar-refractivity contribution >= 4 is 11.8 Å². The minimum absolute atomic E-state index is 0.674. The molecule has 1 N–H and O–H groups in total. The molecule has 96 valence electrons. The highest BCUT2D eigenvalue weighted by molar-refractivity contribution is 5.42. The number of nitrogens with zero attached hydrogens (tertiary/aromatic N) is 3. The monoisotopic (exact) mass is 246 g/mol. The number of hydrogen-bond acceptors (Lipinski definition) is 5. The van der Waals surface area contributed by atoms with Crippen LogP contribution in [0, 0.1) is 0 Å². The number of nitrogens with one attached hydrogen (secondary N) is 1. The Morgan fingerprint density at radius 1 is 1.39 bits per heavy atom. The fourth-order valence-corrected chi connectivity index (χ4v) is 1.62. The standard InChI is InChI=1S/C13H18N4O/c1-3-6-14-13-15-7-4-12(16-13)17(2)9-11-5-8-18-10-11/h4-5,7-8,10H,3,6,9H2,1-2H3,(H,14,15,16). The van der Waals surface area contributed by atoms with E-state index >= 15 is 0 Å². The van der Waals surface area contributed by atoms with Crippen LogP contribution in [0.15, 0.2) is 35.3 Å². The summed E-state index contributed by atoms with van der Waals surface area (Å²) >= 11 is 0. The Bertz CT molecular complexity index is 470. The van der Waals surface area contributed by atoms with Gasteiger partial charge in [-0.15, -0.1) is 0 Å². The Morgan fingerprint density at radius 2 is 2.28 bits per heavy atom. The molecular weight excluding hydrogens is 228 g/mol. The lowest BCUT2D eigenvalue weighted by molar-refractivity contribution is 0.563. The van der Waals surface area contributed by atoms with Crippen LogP contribution in [0.3, 0.4) is 0 Å². The maximum atomic E-state index is 5.06. The molecule has 0 aliphatic carbocycles. The van der Waals surface area contributed by atoms with E-state index in [4.69, 9.17) is 4.42 Å². The lowest BCUT2D eigenvalue weighted by atomic mass is 10.3. The molecule has 5 nitrogen and oxygen atoms in total. The SMILES string of the molecule is CCCNc1nccc(N(C)Cc2ccoc2)n1. The van der Waals surface area contributed by atoms with Gasteiger partial charge in [0.25, 0.3) is 0 Å². The molecule has 0 bridgehead atoms. The molecule has 2 rings (SSSR count). The molecule has 0 aromatic carbocycles. The van der Waals surface area contributed by atoms with Crippen molar-refractivity contribution in [3.8, 4) is 0 Å². The van der Waals surface area contributed by atoms with Gasteiger partial charge in [0.2, 0.25) is 5.95 Å². The molecule has 2 heterocycles. The molecule has 0 amide bonds. The zero-order valence-electron chi connectivity index (χ0n) is 10.8. The van der Waals surface area contributed by atoms with E-state index in [0.717, 1.165) is 30.9 Å². The van der Waals surface area contributed by atoms with Crippen molar-refractivity contribution in [3.63, 3.8) is 0 Å². The van der Waals surface area contributed by atoms with Crippen LogP contribution in [-0.4, -0.2) is 23.6 Å². The van der Waals surface area contributed by atoms with Gasteiger partial charge in [0.1, 0.15) is 5.82 Å². The Kier molecular flexibility index (Phi) is 4.17. The molecule has 0 aliphatic heterocycles. The van der Waals surface area contributed by atoms with Gasteiger partial charge >= 0.3 is 0 Å². The van der Waals surface area contributed by atoms with E-state index in [9.17, 15) is 0 Å². The molecule has 0 spiro atoms. The van der Waals surface area contributed by atoms with Gasteiger partial charge in [-0.1, -0.05) is 6.92 Å². The highest BCUT2D eigenvalue weighted by Gasteiger charge is 2.05. The topological polar surface area (TPSA) is 54.2 Å². The van der Waals surface area contributed by atoms with E-state index in [0.29, 0.717) is 5.95 Å². The molecule has 2 aromatic rings. The molecule has 0 radical (unpaired) electrons. The third-order valence-corrected chi connectivity index (χ3v) is 2.56. The summed E-state index contributed by atoms with van der Waals surface area (Å²) in [7, 11) is 2.00. The van der Waals surface area contributed by atoms with E-state index in [2.05, 4.69) is 27.1 Å². The maximum absolute atomic E-state index is 5.06. The van der Waals surface area contributed by atoms with Crippen LogP contribution in [-0.2, 0) is 6.54 Å². The third kappa shape index (κ3) is 3.23. The fraction of sp³-hybridized carbons (Fsp3) is 0.385. The van der Waals surface area contributed by atoms with Crippen LogP contribution < -0.4 is 10.2 Å². The van der Waals surface area contributed by atoms with Crippen LogP contribution in [0.2, 0.25) is 0 Å². The van der Waals surface area contributed by atoms with Crippen molar-refractivity contribution in [2.45, 2.75) is 19.9 Å². The lowest BCUT2D eigenvalue weighted by Gasteiger charge is -2.17. The number of furan rings is 1. The normalized spacial score (nSPS) is 10.3. The number of hydrogen-bond donors (Lipinski definition) is 1. The highest BCUT2D eigenvalue weighted by atomic mass is 16.3. The molecule has 18 heavy (non-hydrogen) atoms. The average Bonchev–Trinajstić information content (AvgIpc) is 2.89. The van der Waals surface area contributed by atoms with Crippen LogP contribution in [0.1, 0.15) is 18.9 Å². The minimum Gasteiger partial charge on any atom is -0.472 e. The molecule has 0 aliphatic rings. The van der Waals surface area contributed by atoms with Gasteiger partial charge in [-0.05, 0) is 18.6 Å². The third-order valence-electron chi connectivity index (χ3n) is 2.56. The molecule has 0 saturated carbocycles. The summed E-state index contributed by atoms with van der Waals surface area (Å²) in [6, 6.07) is 3.85. The van der Waals surface area contributed by atoms with E-state index in [1.807, 2.05) is 19.2 Å². The summed E-state index contributed by atoms with van der Waals surface area (Å²) in [6.45, 7) is 3.76. The Hall–Kier alpha value is -2.04. The number of anilines is 2. The molecule has 5 heteroatoms. The molecule has 0 fully saturated rings. The molecule has 0 unspecified atom stereocenters. The number of aromatic nitrogens is 2. The van der Waals surface area contributed by atoms with Crippen molar-refractivity contribution in [1.82, 2.24) is 9.97 Å². The van der Waals surface area contributed by atoms with E-state index in [1.165, 1.54) is 0 Å². The summed E-state index contributed by atoms with van der Waals surface area (Å²) in [5.74, 6) is 1.57. The average molecular weight is 246 g/mol. The first-order valence-corrected chi connectivity index (χ1v) is 6.08. The van der Waals surface area contributed by atoms with Gasteiger partial charge in [0.05, 0.1) is 12.5 Å². The Morgan fingerprint density at radius 3 is 3.00 bits per heavy atom. The minimum atomic E-state index is 0.674. The first-order valence-electron chi connectivity index (χ1n) is 6.08. The van der Waals surface area contributed by atoms with E-state index in [1.54, 1.807) is 18.7 Å². The summed E-state index contributed by atoms with van der Waals surface area (Å²) < 4.78 is 5.06. The van der Waals surface area contributed by atoms with E-state index < -0.39 is 0 Å². The lowest BCUT2D eigenvalue weighted by Crippen LogP contribution is -2.18. The highest BCUT2D eigenvalue weighted by Crippen LogP contribution is 2.14. The summed E-state index contributed by atoms with van der Waals surface area (Å²) in [5, 5.41) is 3.18. The first kappa shape index (κ1) is 12.4. The van der Waals surface area contributed by atoms with Crippen molar-refractivity contribution in [1.29, 1.82) is 0 Å². The van der Waals surface area contributed by atoms with Gasteiger partial charge in [0.15, 0.2) is 0 Å². The smallest absolute Gasteiger partial charge is 0.224 e. The van der Waals surface area contributed by atoms with Gasteiger partial charge in [-0.25, -0.2) is 4.98 Å². The largest absolute Gasteiger partial charge is 0.472 e. The van der Waals surface area contributed by atoms with Crippen molar-refractivity contribution in [2.24, 2.45) is 0 Å². The molecule has 0 saturated heterocycles. The zero-order valence-corrected chi connectivity index (χ0v) is 10.8. The van der Waals surface area contributed by atoms with Gasteiger partial charge in [-0.3, -0.25) is 0 Å². The molecular formula is C13H18N4O. The summed E-state index contributed by atoms with van der Waals surface area (Å²) in [4.78, 5) is 10.7. The predicted molar refractivity (Wildman–Crippen MR) is 71.6 cm³/mol. The molecule has 0 atom stereocenters. The van der Waals surface area contributed by atoms with Gasteiger partial charge in [0, 0.05) is 31.9 Å². The van der Waals surface area contributed by atoms with Crippen LogP contribution in [0.4, 0.5) is 11.8 Å². The fourth-order valence-electron chi connectivity index (χ4n) is 1.62. The summed E-state index contributed by atoms with van der Waals surface area (Å²) in [6.07, 6.45) is 6.25. The first-order chi connectivity index (χ1) is 8.79. The number of rotatable bonds is 6. The Labute approximate surface area is 107 Å². The second-order valence-electron chi connectivity index (χ2n) is 4.15. The van der Waals surface area contributed by atoms with Crippen LogP contribution in [0.5, 0.6) is 0 Å². The Balaban J connectivity index is 2.03. The van der Waals surface area contributed by atoms with Crippen molar-refractivity contribution in [2.75, 3.05) is 23.8 Å². The van der Waals surface area contributed by atoms with Crippen molar-refractivity contribution in [3.05, 3.63) is 36.4 Å². The maximum Gasteiger partial charge on any atom is 0.224 e. The molecule has 2 aromatic heterocycles. The van der Waals surface area contributed by atoms with Crippen molar-refractivity contribution < 1.29 is 4.42 Å². The summed E-state index contributed by atoms with van der Waals surface area (Å²) in [5.41, 5.74) is 1.12. The quantitative estimate of drug-likeness (QED) is 0.848. The predicted octanol–water partition coefficient (Wildman–Crippen LogP) is 2.53.